The van der Waals surface area contributed by atoms with E-state index in [0.717, 1.165) is 54.8 Å². The molecule has 4 rings (SSSR count). The van der Waals surface area contributed by atoms with Crippen LogP contribution in [0.5, 0.6) is 0 Å². The highest BCUT2D eigenvalue weighted by molar-refractivity contribution is 8.03. The molecule has 0 saturated heterocycles. The molecule has 28 heavy (non-hydrogen) atoms. The van der Waals surface area contributed by atoms with E-state index in [9.17, 15) is 10.4 Å². The van der Waals surface area contributed by atoms with Crippen LogP contribution >= 0.6 is 23.1 Å². The van der Waals surface area contributed by atoms with Crippen molar-refractivity contribution in [2.45, 2.75) is 31.6 Å². The van der Waals surface area contributed by atoms with Gasteiger partial charge in [-0.1, -0.05) is 61.2 Å². The number of nitrogens with zero attached hydrogens (tertiary/aromatic N) is 2. The van der Waals surface area contributed by atoms with Crippen LogP contribution in [0.15, 0.2) is 64.0 Å². The Hall–Kier alpha value is -1.99. The number of allylic oxidation sites excluding steroid dienone is 2. The first-order valence-electron chi connectivity index (χ1n) is 8.96. The normalized spacial score (nSPS) is 15.2. The molecular formula is C21H21ClN2O2S2. The number of hydrogen-bond acceptors (Lipinski definition) is 5. The number of benzene rings is 2. The Balaban J connectivity index is 0.00000225. The predicted molar refractivity (Wildman–Crippen MR) is 111 cm³/mol. The minimum absolute atomic E-state index is 0. The highest BCUT2D eigenvalue weighted by Gasteiger charge is 2.25. The summed E-state index contributed by atoms with van der Waals surface area (Å²) in [6.07, 6.45) is 5.64. The van der Waals surface area contributed by atoms with Gasteiger partial charge in [-0.05, 0) is 42.7 Å². The van der Waals surface area contributed by atoms with Crippen LogP contribution in [0.25, 0.3) is 16.3 Å². The van der Waals surface area contributed by atoms with Gasteiger partial charge in [0.2, 0.25) is 0 Å². The third-order valence-corrected chi connectivity index (χ3v) is 6.76. The minimum Gasteiger partial charge on any atom is -1.00 e. The van der Waals surface area contributed by atoms with Crippen LogP contribution in [0.1, 0.15) is 30.8 Å². The van der Waals surface area contributed by atoms with Crippen LogP contribution in [0.3, 0.4) is 0 Å². The van der Waals surface area contributed by atoms with Gasteiger partial charge in [-0.3, -0.25) is 10.4 Å². The fourth-order valence-electron chi connectivity index (χ4n) is 3.18. The van der Waals surface area contributed by atoms with E-state index in [4.69, 9.17) is 0 Å². The molecule has 1 aliphatic heterocycles. The second-order valence-electron chi connectivity index (χ2n) is 6.31. The molecule has 0 radical (unpaired) electrons. The zero-order valence-corrected chi connectivity index (χ0v) is 18.0. The van der Waals surface area contributed by atoms with Crippen LogP contribution in [-0.2, 0) is 6.42 Å². The molecule has 1 aromatic heterocycles. The first-order chi connectivity index (χ1) is 13.1. The molecule has 3 aromatic rings. The maximum absolute atomic E-state index is 10.7. The standard InChI is InChI=1S/C21H21N2O2S2.ClH/c1-3-14(12-19-22(24)16-9-5-6-10-17(16)26-19)13-20-23(25)21-15(4-2)8-7-11-18(21)27-20;/h5-13,24-25H,3-4H2,1-2H3;1H/q+1;/p-1. The summed E-state index contributed by atoms with van der Waals surface area (Å²) in [5, 5.41) is 23.9. The minimum atomic E-state index is 0. The fourth-order valence-corrected chi connectivity index (χ4v) is 5.28. The second kappa shape index (κ2) is 8.57. The van der Waals surface area contributed by atoms with Crippen molar-refractivity contribution in [3.8, 4) is 0 Å². The molecule has 146 valence electrons. The largest absolute Gasteiger partial charge is 1.00 e. The fraction of sp³-hybridized carbons (Fsp3) is 0.190. The number of rotatable bonds is 4. The molecule has 0 unspecified atom stereocenters. The van der Waals surface area contributed by atoms with Crippen molar-refractivity contribution in [2.75, 3.05) is 5.06 Å². The molecule has 0 saturated carbocycles. The Morgan fingerprint density at radius 2 is 1.93 bits per heavy atom. The van der Waals surface area contributed by atoms with Gasteiger partial charge in [0.05, 0.1) is 5.69 Å². The molecule has 0 spiro atoms. The van der Waals surface area contributed by atoms with E-state index in [1.807, 2.05) is 54.6 Å². The number of anilines is 1. The Morgan fingerprint density at radius 1 is 1.14 bits per heavy atom. The smallest absolute Gasteiger partial charge is 0.313 e. The van der Waals surface area contributed by atoms with E-state index in [1.165, 1.54) is 9.79 Å². The molecule has 1 aliphatic rings. The lowest BCUT2D eigenvalue weighted by molar-refractivity contribution is -0.882. The summed E-state index contributed by atoms with van der Waals surface area (Å²) in [5.74, 6) is 0. The van der Waals surface area contributed by atoms with Crippen molar-refractivity contribution < 1.29 is 27.6 Å². The van der Waals surface area contributed by atoms with Crippen LogP contribution in [0, 0.1) is 0 Å². The van der Waals surface area contributed by atoms with Gasteiger partial charge >= 0.3 is 5.01 Å². The molecular weight excluding hydrogens is 412 g/mol. The topological polar surface area (TPSA) is 47.6 Å². The van der Waals surface area contributed by atoms with Crippen molar-refractivity contribution >= 4 is 45.1 Å². The Kier molecular flexibility index (Phi) is 6.35. The van der Waals surface area contributed by atoms with Crippen LogP contribution in [0.2, 0.25) is 0 Å². The molecule has 0 fully saturated rings. The number of hydroxylamine groups is 1. The molecule has 2 heterocycles. The first kappa shape index (κ1) is 20.7. The summed E-state index contributed by atoms with van der Waals surface area (Å²) < 4.78 is 2.36. The number of thioether (sulfide) groups is 1. The van der Waals surface area contributed by atoms with Gasteiger partial charge in [0, 0.05) is 21.3 Å². The predicted octanol–water partition coefficient (Wildman–Crippen LogP) is 2.63. The highest BCUT2D eigenvalue weighted by Crippen LogP contribution is 2.45. The summed E-state index contributed by atoms with van der Waals surface area (Å²) in [6.45, 7) is 4.17. The van der Waals surface area contributed by atoms with Gasteiger partial charge in [-0.15, -0.1) is 0 Å². The van der Waals surface area contributed by atoms with Gasteiger partial charge < -0.3 is 12.4 Å². The van der Waals surface area contributed by atoms with E-state index in [0.29, 0.717) is 0 Å². The summed E-state index contributed by atoms with van der Waals surface area (Å²) in [5.41, 5.74) is 3.85. The number of aromatic nitrogens is 1. The van der Waals surface area contributed by atoms with E-state index in [-0.39, 0.29) is 12.4 Å². The van der Waals surface area contributed by atoms with Gasteiger partial charge in [-0.25, -0.2) is 5.06 Å². The van der Waals surface area contributed by atoms with Gasteiger partial charge in [0.1, 0.15) is 9.73 Å². The lowest BCUT2D eigenvalue weighted by atomic mass is 10.1. The maximum Gasteiger partial charge on any atom is 0.313 e. The zero-order valence-electron chi connectivity index (χ0n) is 15.6. The Labute approximate surface area is 178 Å². The summed E-state index contributed by atoms with van der Waals surface area (Å²) in [7, 11) is 0. The molecule has 7 heteroatoms. The SMILES string of the molecule is CCC(=Cc1sc2cccc(CC)c2[n+]1O)C=C1Sc2ccccc2N1O.[Cl-]. The van der Waals surface area contributed by atoms with E-state index in [2.05, 4.69) is 13.8 Å². The number of para-hydroxylation sites is 2. The summed E-state index contributed by atoms with van der Waals surface area (Å²) >= 11 is 3.11. The van der Waals surface area contributed by atoms with Gasteiger partial charge in [0.15, 0.2) is 0 Å². The number of fused-ring (bicyclic) bond motifs is 2. The van der Waals surface area contributed by atoms with E-state index in [1.54, 1.807) is 23.1 Å². The summed E-state index contributed by atoms with van der Waals surface area (Å²) in [6, 6.07) is 13.9. The number of aryl methyl sites for hydroxylation is 1. The third-order valence-electron chi connectivity index (χ3n) is 4.64. The van der Waals surface area contributed by atoms with Crippen molar-refractivity contribution in [1.29, 1.82) is 0 Å². The lowest BCUT2D eigenvalue weighted by Crippen LogP contribution is -3.00. The first-order valence-corrected chi connectivity index (χ1v) is 10.6. The monoisotopic (exact) mass is 432 g/mol. The molecule has 0 bridgehead atoms. The van der Waals surface area contributed by atoms with Crippen molar-refractivity contribution in [3.05, 3.63) is 69.7 Å². The third kappa shape index (κ3) is 3.65. The maximum atomic E-state index is 10.7. The van der Waals surface area contributed by atoms with Crippen LogP contribution in [0.4, 0.5) is 5.69 Å². The molecule has 0 atom stereocenters. The van der Waals surface area contributed by atoms with E-state index < -0.39 is 0 Å². The van der Waals surface area contributed by atoms with Crippen molar-refractivity contribution in [3.63, 3.8) is 0 Å². The highest BCUT2D eigenvalue weighted by atomic mass is 35.5. The molecule has 2 N–H and O–H groups in total. The van der Waals surface area contributed by atoms with Gasteiger partial charge in [-0.2, -0.15) is 0 Å². The number of halogens is 1. The summed E-state index contributed by atoms with van der Waals surface area (Å²) in [4.78, 5) is 1.04. The molecule has 4 nitrogen and oxygen atoms in total. The molecule has 2 aromatic carbocycles. The zero-order chi connectivity index (χ0) is 19.0. The van der Waals surface area contributed by atoms with Crippen molar-refractivity contribution in [2.24, 2.45) is 0 Å². The second-order valence-corrected chi connectivity index (χ2v) is 8.43. The quantitative estimate of drug-likeness (QED) is 0.491. The lowest BCUT2D eigenvalue weighted by Gasteiger charge is -2.11. The van der Waals surface area contributed by atoms with Crippen LogP contribution in [-0.4, -0.2) is 10.4 Å². The molecule has 0 amide bonds. The molecule has 0 aliphatic carbocycles. The number of hydrogen-bond donors (Lipinski definition) is 2. The van der Waals surface area contributed by atoms with E-state index >= 15 is 0 Å². The van der Waals surface area contributed by atoms with Gasteiger partial charge in [0.25, 0.3) is 5.52 Å². The van der Waals surface area contributed by atoms with Crippen molar-refractivity contribution in [1.82, 2.24) is 0 Å². The Morgan fingerprint density at radius 3 is 2.64 bits per heavy atom. The average molecular weight is 433 g/mol. The van der Waals surface area contributed by atoms with Crippen LogP contribution < -0.4 is 22.2 Å². The average Bonchev–Trinajstić information content (AvgIpc) is 3.18. The Bertz CT molecular complexity index is 1080. The number of thiazole rings is 1.